The van der Waals surface area contributed by atoms with E-state index in [2.05, 4.69) is 4.74 Å². The van der Waals surface area contributed by atoms with Gasteiger partial charge in [0.2, 0.25) is 0 Å². The molecule has 0 fully saturated rings. The van der Waals surface area contributed by atoms with E-state index in [1.807, 2.05) is 36.4 Å². The molecule has 0 aliphatic heterocycles. The third-order valence-corrected chi connectivity index (χ3v) is 3.58. The standard InChI is InChI=1S/C20H16O5/c1-23-20(22)15-7-9-17(10-8-15)25-19(21)13-24-18-11-6-14-4-2-3-5-16(14)12-18/h2-12H,13H2,1H3. The van der Waals surface area contributed by atoms with Crippen LogP contribution in [-0.4, -0.2) is 25.7 Å². The minimum Gasteiger partial charge on any atom is -0.482 e. The summed E-state index contributed by atoms with van der Waals surface area (Å²) in [7, 11) is 1.31. The van der Waals surface area contributed by atoms with Crippen LogP contribution in [0.3, 0.4) is 0 Å². The van der Waals surface area contributed by atoms with Crippen molar-refractivity contribution in [3.8, 4) is 11.5 Å². The topological polar surface area (TPSA) is 61.8 Å². The second-order valence-corrected chi connectivity index (χ2v) is 5.29. The average Bonchev–Trinajstić information content (AvgIpc) is 2.66. The lowest BCUT2D eigenvalue weighted by Gasteiger charge is -2.08. The van der Waals surface area contributed by atoms with Gasteiger partial charge in [-0.3, -0.25) is 0 Å². The Balaban J connectivity index is 1.57. The van der Waals surface area contributed by atoms with Crippen LogP contribution in [0.5, 0.6) is 11.5 Å². The lowest BCUT2D eigenvalue weighted by atomic mass is 10.1. The number of fused-ring (bicyclic) bond motifs is 1. The normalized spacial score (nSPS) is 10.3. The maximum atomic E-state index is 11.9. The number of esters is 2. The van der Waals surface area contributed by atoms with E-state index in [1.165, 1.54) is 31.4 Å². The van der Waals surface area contributed by atoms with Crippen molar-refractivity contribution in [1.29, 1.82) is 0 Å². The Morgan fingerprint density at radius 1 is 0.840 bits per heavy atom. The van der Waals surface area contributed by atoms with Crippen molar-refractivity contribution in [3.05, 3.63) is 72.3 Å². The van der Waals surface area contributed by atoms with Gasteiger partial charge in [-0.25, -0.2) is 9.59 Å². The number of carbonyl (C=O) groups excluding carboxylic acids is 2. The summed E-state index contributed by atoms with van der Waals surface area (Å²) in [6.07, 6.45) is 0. The van der Waals surface area contributed by atoms with Crippen LogP contribution in [0.1, 0.15) is 10.4 Å². The maximum Gasteiger partial charge on any atom is 0.349 e. The SMILES string of the molecule is COC(=O)c1ccc(OC(=O)COc2ccc3ccccc3c2)cc1. The van der Waals surface area contributed by atoms with Gasteiger partial charge in [0, 0.05) is 0 Å². The Morgan fingerprint density at radius 3 is 2.24 bits per heavy atom. The van der Waals surface area contributed by atoms with Crippen molar-refractivity contribution < 1.29 is 23.8 Å². The van der Waals surface area contributed by atoms with Gasteiger partial charge >= 0.3 is 11.9 Å². The number of methoxy groups -OCH3 is 1. The first kappa shape index (κ1) is 16.5. The van der Waals surface area contributed by atoms with E-state index in [4.69, 9.17) is 9.47 Å². The van der Waals surface area contributed by atoms with Crippen LogP contribution in [0.25, 0.3) is 10.8 Å². The van der Waals surface area contributed by atoms with Crippen LogP contribution in [0, 0.1) is 0 Å². The average molecular weight is 336 g/mol. The predicted molar refractivity (Wildman–Crippen MR) is 92.9 cm³/mol. The van der Waals surface area contributed by atoms with Crippen LogP contribution in [-0.2, 0) is 9.53 Å². The fraction of sp³-hybridized carbons (Fsp3) is 0.100. The van der Waals surface area contributed by atoms with Gasteiger partial charge in [-0.15, -0.1) is 0 Å². The van der Waals surface area contributed by atoms with Gasteiger partial charge in [0.15, 0.2) is 6.61 Å². The Bertz CT molecular complexity index is 899. The molecular weight excluding hydrogens is 320 g/mol. The lowest BCUT2D eigenvalue weighted by molar-refractivity contribution is -0.136. The highest BCUT2D eigenvalue weighted by Crippen LogP contribution is 2.20. The highest BCUT2D eigenvalue weighted by molar-refractivity contribution is 5.89. The number of hydrogen-bond donors (Lipinski definition) is 0. The molecule has 0 saturated heterocycles. The number of benzene rings is 3. The first-order chi connectivity index (χ1) is 12.2. The summed E-state index contributed by atoms with van der Waals surface area (Å²) < 4.78 is 15.3. The molecule has 0 atom stereocenters. The second kappa shape index (κ2) is 7.49. The first-order valence-electron chi connectivity index (χ1n) is 7.66. The number of rotatable bonds is 5. The first-order valence-corrected chi connectivity index (χ1v) is 7.66. The third-order valence-electron chi connectivity index (χ3n) is 3.58. The zero-order chi connectivity index (χ0) is 17.6. The molecule has 3 aromatic rings. The molecule has 5 nitrogen and oxygen atoms in total. The summed E-state index contributed by atoms with van der Waals surface area (Å²) in [4.78, 5) is 23.2. The maximum absolute atomic E-state index is 11.9. The fourth-order valence-corrected chi connectivity index (χ4v) is 2.34. The number of carbonyl (C=O) groups is 2. The summed E-state index contributed by atoms with van der Waals surface area (Å²) in [5.74, 6) is -0.0482. The fourth-order valence-electron chi connectivity index (χ4n) is 2.34. The van der Waals surface area contributed by atoms with Crippen LogP contribution in [0.15, 0.2) is 66.7 Å². The van der Waals surface area contributed by atoms with E-state index in [-0.39, 0.29) is 6.61 Å². The van der Waals surface area contributed by atoms with Gasteiger partial charge in [0.05, 0.1) is 12.7 Å². The second-order valence-electron chi connectivity index (χ2n) is 5.29. The van der Waals surface area contributed by atoms with E-state index in [0.717, 1.165) is 10.8 Å². The molecule has 0 bridgehead atoms. The van der Waals surface area contributed by atoms with Crippen LogP contribution >= 0.6 is 0 Å². The quantitative estimate of drug-likeness (QED) is 0.526. The Morgan fingerprint density at radius 2 is 1.52 bits per heavy atom. The summed E-state index contributed by atoms with van der Waals surface area (Å²) in [6.45, 7) is -0.211. The van der Waals surface area contributed by atoms with Crippen molar-refractivity contribution >= 4 is 22.7 Å². The summed E-state index contributed by atoms with van der Waals surface area (Å²) in [5, 5.41) is 2.13. The molecule has 0 N–H and O–H groups in total. The molecule has 0 spiro atoms. The van der Waals surface area contributed by atoms with Crippen molar-refractivity contribution in [2.75, 3.05) is 13.7 Å². The Hall–Kier alpha value is -3.34. The zero-order valence-electron chi connectivity index (χ0n) is 13.6. The van der Waals surface area contributed by atoms with E-state index in [1.54, 1.807) is 6.07 Å². The zero-order valence-corrected chi connectivity index (χ0v) is 13.6. The molecule has 0 aliphatic carbocycles. The van der Waals surface area contributed by atoms with Crippen LogP contribution in [0.2, 0.25) is 0 Å². The van der Waals surface area contributed by atoms with Crippen LogP contribution in [0.4, 0.5) is 0 Å². The Kier molecular flexibility index (Phi) is 4.95. The van der Waals surface area contributed by atoms with Gasteiger partial charge < -0.3 is 14.2 Å². The largest absolute Gasteiger partial charge is 0.482 e. The Labute approximate surface area is 144 Å². The smallest absolute Gasteiger partial charge is 0.349 e. The van der Waals surface area contributed by atoms with Crippen molar-refractivity contribution in [3.63, 3.8) is 0 Å². The molecule has 0 radical (unpaired) electrons. The molecule has 25 heavy (non-hydrogen) atoms. The lowest BCUT2D eigenvalue weighted by Crippen LogP contribution is -2.17. The number of ether oxygens (including phenoxy) is 3. The molecule has 0 amide bonds. The molecule has 3 rings (SSSR count). The molecule has 126 valence electrons. The molecule has 5 heteroatoms. The van der Waals surface area contributed by atoms with Gasteiger partial charge in [-0.1, -0.05) is 30.3 Å². The predicted octanol–water partition coefficient (Wildman–Crippen LogP) is 3.61. The van der Waals surface area contributed by atoms with E-state index < -0.39 is 11.9 Å². The minimum absolute atomic E-state index is 0.211. The van der Waals surface area contributed by atoms with Crippen LogP contribution < -0.4 is 9.47 Å². The highest BCUT2D eigenvalue weighted by atomic mass is 16.6. The van der Waals surface area contributed by atoms with E-state index in [0.29, 0.717) is 17.1 Å². The summed E-state index contributed by atoms with van der Waals surface area (Å²) in [5.41, 5.74) is 0.384. The monoisotopic (exact) mass is 336 g/mol. The van der Waals surface area contributed by atoms with E-state index in [9.17, 15) is 9.59 Å². The summed E-state index contributed by atoms with van der Waals surface area (Å²) >= 11 is 0. The van der Waals surface area contributed by atoms with E-state index >= 15 is 0 Å². The number of hydrogen-bond acceptors (Lipinski definition) is 5. The van der Waals surface area contributed by atoms with Gasteiger partial charge in [-0.05, 0) is 47.2 Å². The van der Waals surface area contributed by atoms with Crippen molar-refractivity contribution in [2.24, 2.45) is 0 Å². The molecule has 0 aromatic heterocycles. The highest BCUT2D eigenvalue weighted by Gasteiger charge is 2.09. The van der Waals surface area contributed by atoms with Gasteiger partial charge in [0.25, 0.3) is 0 Å². The minimum atomic E-state index is -0.529. The third kappa shape index (κ3) is 4.14. The van der Waals surface area contributed by atoms with Crippen molar-refractivity contribution in [2.45, 2.75) is 0 Å². The van der Waals surface area contributed by atoms with Gasteiger partial charge in [-0.2, -0.15) is 0 Å². The molecule has 0 unspecified atom stereocenters. The van der Waals surface area contributed by atoms with Gasteiger partial charge in [0.1, 0.15) is 11.5 Å². The molecule has 3 aromatic carbocycles. The summed E-state index contributed by atoms with van der Waals surface area (Å²) in [6, 6.07) is 19.6. The molecule has 0 saturated carbocycles. The molecule has 0 aliphatic rings. The molecule has 0 heterocycles. The van der Waals surface area contributed by atoms with Crippen molar-refractivity contribution in [1.82, 2.24) is 0 Å². The molecular formula is C20H16O5.